The van der Waals surface area contributed by atoms with E-state index in [0.29, 0.717) is 17.1 Å². The standard InChI is InChI=1S/C20H22N2O5/c1-3-16(13-4-7-15(25-2)8-5-13)22-19(23)11-21-20(24)14-6-9-17-18(10-14)27-12-26-17/h4-10,16H,3,11-12H2,1-2H3,(H,21,24)(H,22,23). The van der Waals surface area contributed by atoms with Crippen molar-refractivity contribution in [1.29, 1.82) is 0 Å². The molecule has 2 amide bonds. The number of rotatable bonds is 7. The summed E-state index contributed by atoms with van der Waals surface area (Å²) in [5, 5.41) is 5.55. The third-order valence-corrected chi connectivity index (χ3v) is 4.31. The second-order valence-electron chi connectivity index (χ2n) is 6.05. The van der Waals surface area contributed by atoms with Crippen molar-refractivity contribution in [2.75, 3.05) is 20.4 Å². The van der Waals surface area contributed by atoms with Gasteiger partial charge in [-0.2, -0.15) is 0 Å². The Morgan fingerprint density at radius 1 is 1.11 bits per heavy atom. The molecule has 27 heavy (non-hydrogen) atoms. The molecule has 0 aromatic heterocycles. The van der Waals surface area contributed by atoms with E-state index in [1.165, 1.54) is 0 Å². The zero-order chi connectivity index (χ0) is 19.2. The number of hydrogen-bond acceptors (Lipinski definition) is 5. The van der Waals surface area contributed by atoms with E-state index in [0.717, 1.165) is 17.7 Å². The number of hydrogen-bond donors (Lipinski definition) is 2. The molecule has 142 valence electrons. The molecule has 1 unspecified atom stereocenters. The van der Waals surface area contributed by atoms with Crippen molar-refractivity contribution in [3.63, 3.8) is 0 Å². The van der Waals surface area contributed by atoms with Crippen molar-refractivity contribution in [1.82, 2.24) is 10.6 Å². The first-order chi connectivity index (χ1) is 13.1. The van der Waals surface area contributed by atoms with Crippen LogP contribution in [0.5, 0.6) is 17.2 Å². The second-order valence-corrected chi connectivity index (χ2v) is 6.05. The zero-order valence-electron chi connectivity index (χ0n) is 15.3. The van der Waals surface area contributed by atoms with E-state index in [4.69, 9.17) is 14.2 Å². The van der Waals surface area contributed by atoms with E-state index in [9.17, 15) is 9.59 Å². The molecule has 1 aliphatic heterocycles. The predicted molar refractivity (Wildman–Crippen MR) is 99.1 cm³/mol. The highest BCUT2D eigenvalue weighted by atomic mass is 16.7. The molecule has 3 rings (SSSR count). The molecule has 1 atom stereocenters. The van der Waals surface area contributed by atoms with Crippen LogP contribution in [-0.2, 0) is 4.79 Å². The average Bonchev–Trinajstić information content (AvgIpc) is 3.18. The summed E-state index contributed by atoms with van der Waals surface area (Å²) >= 11 is 0. The Morgan fingerprint density at radius 2 is 1.85 bits per heavy atom. The minimum Gasteiger partial charge on any atom is -0.497 e. The number of nitrogens with one attached hydrogen (secondary N) is 2. The number of methoxy groups -OCH3 is 1. The molecule has 7 heteroatoms. The fourth-order valence-electron chi connectivity index (χ4n) is 2.80. The average molecular weight is 370 g/mol. The largest absolute Gasteiger partial charge is 0.497 e. The molecule has 1 heterocycles. The van der Waals surface area contributed by atoms with Gasteiger partial charge in [0.15, 0.2) is 11.5 Å². The summed E-state index contributed by atoms with van der Waals surface area (Å²) in [5.41, 5.74) is 1.39. The lowest BCUT2D eigenvalue weighted by Crippen LogP contribution is -2.38. The highest BCUT2D eigenvalue weighted by Gasteiger charge is 2.17. The molecule has 2 aromatic rings. The van der Waals surface area contributed by atoms with Crippen LogP contribution in [0.3, 0.4) is 0 Å². The van der Waals surface area contributed by atoms with E-state index in [1.54, 1.807) is 25.3 Å². The molecule has 0 radical (unpaired) electrons. The molecule has 0 spiro atoms. The number of benzene rings is 2. The minimum absolute atomic E-state index is 0.111. The van der Waals surface area contributed by atoms with Gasteiger partial charge in [0.05, 0.1) is 19.7 Å². The van der Waals surface area contributed by atoms with E-state index >= 15 is 0 Å². The highest BCUT2D eigenvalue weighted by Crippen LogP contribution is 2.32. The SMILES string of the molecule is CCC(NC(=O)CNC(=O)c1ccc2c(c1)OCO2)c1ccc(OC)cc1. The fraction of sp³-hybridized carbons (Fsp3) is 0.300. The van der Waals surface area contributed by atoms with Crippen LogP contribution in [0, 0.1) is 0 Å². The quantitative estimate of drug-likeness (QED) is 0.782. The fourth-order valence-corrected chi connectivity index (χ4v) is 2.80. The molecule has 7 nitrogen and oxygen atoms in total. The molecule has 0 aliphatic carbocycles. The smallest absolute Gasteiger partial charge is 0.251 e. The van der Waals surface area contributed by atoms with Gasteiger partial charge in [-0.15, -0.1) is 0 Å². The molecule has 0 saturated heterocycles. The Kier molecular flexibility index (Phi) is 5.80. The van der Waals surface area contributed by atoms with Crippen LogP contribution in [0.2, 0.25) is 0 Å². The van der Waals surface area contributed by atoms with E-state index < -0.39 is 0 Å². The summed E-state index contributed by atoms with van der Waals surface area (Å²) in [6.07, 6.45) is 0.730. The molecule has 2 aromatic carbocycles. The van der Waals surface area contributed by atoms with Crippen molar-refractivity contribution in [3.8, 4) is 17.2 Å². The lowest BCUT2D eigenvalue weighted by atomic mass is 10.0. The Bertz CT molecular complexity index is 820. The Hall–Kier alpha value is -3.22. The number of fused-ring (bicyclic) bond motifs is 1. The van der Waals surface area contributed by atoms with Gasteiger partial charge in [0.2, 0.25) is 12.7 Å². The molecular formula is C20H22N2O5. The Labute approximate surface area is 157 Å². The molecule has 1 aliphatic rings. The molecule has 2 N–H and O–H groups in total. The third kappa shape index (κ3) is 4.49. The Balaban J connectivity index is 1.54. The van der Waals surface area contributed by atoms with Gasteiger partial charge in [-0.3, -0.25) is 9.59 Å². The number of ether oxygens (including phenoxy) is 3. The van der Waals surface area contributed by atoms with Gasteiger partial charge >= 0.3 is 0 Å². The first-order valence-electron chi connectivity index (χ1n) is 8.72. The van der Waals surface area contributed by atoms with Crippen molar-refractivity contribution in [2.45, 2.75) is 19.4 Å². The maximum Gasteiger partial charge on any atom is 0.251 e. The topological polar surface area (TPSA) is 85.9 Å². The molecule has 0 fully saturated rings. The van der Waals surface area contributed by atoms with E-state index in [-0.39, 0.29) is 31.2 Å². The molecule has 0 saturated carbocycles. The summed E-state index contributed by atoms with van der Waals surface area (Å²) in [7, 11) is 1.61. The van der Waals surface area contributed by atoms with Crippen molar-refractivity contribution in [3.05, 3.63) is 53.6 Å². The van der Waals surface area contributed by atoms with Crippen molar-refractivity contribution < 1.29 is 23.8 Å². The second kappa shape index (κ2) is 8.44. The van der Waals surface area contributed by atoms with Crippen LogP contribution in [0.1, 0.15) is 35.3 Å². The summed E-state index contributed by atoms with van der Waals surface area (Å²) in [6, 6.07) is 12.3. The van der Waals surface area contributed by atoms with Crippen LogP contribution < -0.4 is 24.8 Å². The summed E-state index contributed by atoms with van der Waals surface area (Å²) in [6.45, 7) is 2.02. The van der Waals surface area contributed by atoms with Gasteiger partial charge in [-0.25, -0.2) is 0 Å². The summed E-state index contributed by atoms with van der Waals surface area (Å²) in [5.74, 6) is 1.29. The first-order valence-corrected chi connectivity index (χ1v) is 8.72. The lowest BCUT2D eigenvalue weighted by Gasteiger charge is -2.18. The van der Waals surface area contributed by atoms with Crippen LogP contribution in [0.4, 0.5) is 0 Å². The maximum atomic E-state index is 12.2. The zero-order valence-corrected chi connectivity index (χ0v) is 15.3. The normalized spacial score (nSPS) is 13.0. The third-order valence-electron chi connectivity index (χ3n) is 4.31. The van der Waals surface area contributed by atoms with Crippen LogP contribution in [0.25, 0.3) is 0 Å². The Morgan fingerprint density at radius 3 is 2.56 bits per heavy atom. The summed E-state index contributed by atoms with van der Waals surface area (Å²) in [4.78, 5) is 24.5. The van der Waals surface area contributed by atoms with Crippen molar-refractivity contribution >= 4 is 11.8 Å². The van der Waals surface area contributed by atoms with Gasteiger partial charge in [0.25, 0.3) is 5.91 Å². The predicted octanol–water partition coefficient (Wildman–Crippen LogP) is 2.42. The number of carbonyl (C=O) groups is 2. The van der Waals surface area contributed by atoms with Gasteiger partial charge in [-0.1, -0.05) is 19.1 Å². The van der Waals surface area contributed by atoms with E-state index in [1.807, 2.05) is 31.2 Å². The van der Waals surface area contributed by atoms with Gasteiger partial charge in [-0.05, 0) is 42.3 Å². The first kappa shape index (κ1) is 18.6. The minimum atomic E-state index is -0.346. The monoisotopic (exact) mass is 370 g/mol. The highest BCUT2D eigenvalue weighted by molar-refractivity contribution is 5.97. The van der Waals surface area contributed by atoms with E-state index in [2.05, 4.69) is 10.6 Å². The van der Waals surface area contributed by atoms with Gasteiger partial charge < -0.3 is 24.8 Å². The van der Waals surface area contributed by atoms with Crippen LogP contribution in [0.15, 0.2) is 42.5 Å². The van der Waals surface area contributed by atoms with Crippen LogP contribution in [-0.4, -0.2) is 32.3 Å². The maximum absolute atomic E-state index is 12.2. The lowest BCUT2D eigenvalue weighted by molar-refractivity contribution is -0.120. The van der Waals surface area contributed by atoms with Gasteiger partial charge in [0, 0.05) is 5.56 Å². The number of amides is 2. The van der Waals surface area contributed by atoms with Gasteiger partial charge in [0.1, 0.15) is 5.75 Å². The van der Waals surface area contributed by atoms with Crippen LogP contribution >= 0.6 is 0 Å². The number of carbonyl (C=O) groups excluding carboxylic acids is 2. The summed E-state index contributed by atoms with van der Waals surface area (Å²) < 4.78 is 15.6. The van der Waals surface area contributed by atoms with Crippen molar-refractivity contribution in [2.24, 2.45) is 0 Å². The molecular weight excluding hydrogens is 348 g/mol. The molecule has 0 bridgehead atoms.